The van der Waals surface area contributed by atoms with Gasteiger partial charge in [0.2, 0.25) is 0 Å². The Kier molecular flexibility index (Phi) is 6.25. The molecular weight excluding hydrogens is 528 g/mol. The predicted octanol–water partition coefficient (Wildman–Crippen LogP) is 4.43. The number of benzene rings is 2. The van der Waals surface area contributed by atoms with Gasteiger partial charge in [0.05, 0.1) is 22.4 Å². The Balaban J connectivity index is 1.42. The van der Waals surface area contributed by atoms with Gasteiger partial charge in [0.25, 0.3) is 11.5 Å². The average Bonchev–Trinajstić information content (AvgIpc) is 3.45. The van der Waals surface area contributed by atoms with Crippen molar-refractivity contribution in [3.05, 3.63) is 76.3 Å². The van der Waals surface area contributed by atoms with Crippen molar-refractivity contribution in [2.75, 3.05) is 23.3 Å². The molecule has 11 heteroatoms. The topological polar surface area (TPSA) is 111 Å². The van der Waals surface area contributed by atoms with Crippen molar-refractivity contribution in [2.24, 2.45) is 17.1 Å². The van der Waals surface area contributed by atoms with Gasteiger partial charge in [-0.15, -0.1) is 0 Å². The van der Waals surface area contributed by atoms with Gasteiger partial charge in [-0.25, -0.2) is 8.78 Å². The fraction of sp³-hybridized carbons (Fsp3) is 0.400. The number of nitrogens with zero attached hydrogens (tertiary/aromatic N) is 5. The van der Waals surface area contributed by atoms with Crippen LogP contribution in [0.25, 0.3) is 16.6 Å². The number of carbonyl (C=O) groups excluding carboxylic acids is 1. The first kappa shape index (κ1) is 27.1. The third kappa shape index (κ3) is 4.48. The highest BCUT2D eigenvalue weighted by molar-refractivity contribution is 6.08. The van der Waals surface area contributed by atoms with E-state index in [1.165, 1.54) is 12.1 Å². The minimum Gasteiger partial charge on any atom is -0.367 e. The molecule has 3 heterocycles. The number of hydrogen-bond acceptors (Lipinski definition) is 6. The molecule has 1 amide bonds. The molecule has 6 rings (SSSR count). The third-order valence-electron chi connectivity index (χ3n) is 9.01. The van der Waals surface area contributed by atoms with Gasteiger partial charge in [-0.05, 0) is 62.9 Å². The van der Waals surface area contributed by atoms with Crippen molar-refractivity contribution >= 4 is 28.2 Å². The van der Waals surface area contributed by atoms with Crippen LogP contribution in [0.4, 0.5) is 20.2 Å². The summed E-state index contributed by atoms with van der Waals surface area (Å²) in [6.07, 6.45) is 4.16. The first-order valence-corrected chi connectivity index (χ1v) is 13.8. The smallest absolute Gasteiger partial charge is 0.276 e. The van der Waals surface area contributed by atoms with Crippen LogP contribution < -0.4 is 21.5 Å². The van der Waals surface area contributed by atoms with Gasteiger partial charge in [0, 0.05) is 42.2 Å². The highest BCUT2D eigenvalue weighted by Crippen LogP contribution is 2.54. The van der Waals surface area contributed by atoms with E-state index >= 15 is 0 Å². The van der Waals surface area contributed by atoms with Gasteiger partial charge in [0.15, 0.2) is 11.6 Å². The molecule has 2 aliphatic rings. The maximum atomic E-state index is 14.4. The second kappa shape index (κ2) is 9.47. The summed E-state index contributed by atoms with van der Waals surface area (Å²) in [6, 6.07) is 9.20. The minimum absolute atomic E-state index is 0.0179. The van der Waals surface area contributed by atoms with E-state index in [1.807, 2.05) is 16.9 Å². The zero-order valence-electron chi connectivity index (χ0n) is 23.5. The fourth-order valence-electron chi connectivity index (χ4n) is 5.50. The molecule has 3 N–H and O–H groups in total. The largest absolute Gasteiger partial charge is 0.367 e. The molecule has 41 heavy (non-hydrogen) atoms. The Morgan fingerprint density at radius 2 is 1.78 bits per heavy atom. The van der Waals surface area contributed by atoms with Crippen LogP contribution in [0.15, 0.2) is 53.5 Å². The number of amides is 1. The van der Waals surface area contributed by atoms with Crippen molar-refractivity contribution in [2.45, 2.75) is 52.1 Å². The quantitative estimate of drug-likeness (QED) is 0.360. The maximum Gasteiger partial charge on any atom is 0.276 e. The van der Waals surface area contributed by atoms with Gasteiger partial charge < -0.3 is 16.0 Å². The van der Waals surface area contributed by atoms with Gasteiger partial charge in [-0.1, -0.05) is 19.9 Å². The second-order valence-corrected chi connectivity index (χ2v) is 12.1. The molecule has 214 valence electrons. The number of carbonyl (C=O) groups is 1. The zero-order valence-corrected chi connectivity index (χ0v) is 23.5. The van der Waals surface area contributed by atoms with Crippen LogP contribution in [0.5, 0.6) is 0 Å². The first-order valence-electron chi connectivity index (χ1n) is 13.8. The lowest BCUT2D eigenvalue weighted by Crippen LogP contribution is -2.32. The molecule has 4 aromatic rings. The van der Waals surface area contributed by atoms with Crippen molar-refractivity contribution in [1.29, 1.82) is 0 Å². The molecule has 1 saturated carbocycles. The summed E-state index contributed by atoms with van der Waals surface area (Å²) in [6.45, 7) is 9.97. The van der Waals surface area contributed by atoms with E-state index < -0.39 is 28.8 Å². The molecule has 1 atom stereocenters. The van der Waals surface area contributed by atoms with Crippen molar-refractivity contribution in [1.82, 2.24) is 19.6 Å². The third-order valence-corrected chi connectivity index (χ3v) is 9.01. The Morgan fingerprint density at radius 3 is 2.41 bits per heavy atom. The average molecular weight is 562 g/mol. The maximum absolute atomic E-state index is 14.4. The molecular formula is C30H33F2N7O2. The van der Waals surface area contributed by atoms with E-state index in [-0.39, 0.29) is 22.7 Å². The molecule has 1 saturated heterocycles. The number of fused-ring (bicyclic) bond motifs is 1. The predicted molar refractivity (Wildman–Crippen MR) is 153 cm³/mol. The molecule has 0 unspecified atom stereocenters. The van der Waals surface area contributed by atoms with Crippen LogP contribution in [0.3, 0.4) is 0 Å². The van der Waals surface area contributed by atoms with E-state index in [9.17, 15) is 18.4 Å². The summed E-state index contributed by atoms with van der Waals surface area (Å²) < 4.78 is 31.4. The fourth-order valence-corrected chi connectivity index (χ4v) is 5.50. The Bertz CT molecular complexity index is 1720. The molecule has 0 radical (unpaired) electrons. The summed E-state index contributed by atoms with van der Waals surface area (Å²) in [7, 11) is 0. The van der Waals surface area contributed by atoms with Gasteiger partial charge in [-0.3, -0.25) is 14.3 Å². The van der Waals surface area contributed by atoms with Crippen LogP contribution in [-0.2, 0) is 5.54 Å². The van der Waals surface area contributed by atoms with E-state index in [4.69, 9.17) is 10.8 Å². The molecule has 2 fully saturated rings. The molecule has 1 aliphatic heterocycles. The Morgan fingerprint density at radius 1 is 1.07 bits per heavy atom. The molecule has 0 bridgehead atoms. The summed E-state index contributed by atoms with van der Waals surface area (Å²) in [5, 5.41) is 12.7. The highest BCUT2D eigenvalue weighted by Gasteiger charge is 2.54. The standard InChI is InChI=1S/C30H33F2N7O2/c1-17(2)29(3,4)38-14-18-21(35-38)8-9-22(26(18)37-15-24(33)30(16-37)12-13-30)34-28(41)23-10-11-25(40)39(36-23)27-19(31)6-5-7-20(27)32/h5-11,14,17,24H,12-13,15-16,33H2,1-4H3,(H,34,41)/t24-/m0/s1. The first-order chi connectivity index (χ1) is 19.4. The number of halogens is 2. The summed E-state index contributed by atoms with van der Waals surface area (Å²) in [5.41, 5.74) is 6.94. The Hall–Kier alpha value is -4.12. The van der Waals surface area contributed by atoms with Crippen LogP contribution in [0.2, 0.25) is 0 Å². The van der Waals surface area contributed by atoms with Crippen LogP contribution in [0, 0.1) is 23.0 Å². The molecule has 1 aliphatic carbocycles. The van der Waals surface area contributed by atoms with Gasteiger partial charge in [0.1, 0.15) is 11.4 Å². The van der Waals surface area contributed by atoms with Crippen molar-refractivity contribution in [3.8, 4) is 5.69 Å². The normalized spacial score (nSPS) is 18.0. The Labute approximate surface area is 235 Å². The number of aromatic nitrogens is 4. The van der Waals surface area contributed by atoms with E-state index in [0.29, 0.717) is 22.8 Å². The van der Waals surface area contributed by atoms with Gasteiger partial charge in [-0.2, -0.15) is 14.9 Å². The second-order valence-electron chi connectivity index (χ2n) is 12.1. The van der Waals surface area contributed by atoms with Crippen LogP contribution in [0.1, 0.15) is 51.0 Å². The molecule has 2 aromatic carbocycles. The summed E-state index contributed by atoms with van der Waals surface area (Å²) in [5.74, 6) is -2.25. The van der Waals surface area contributed by atoms with Crippen molar-refractivity contribution < 1.29 is 13.6 Å². The van der Waals surface area contributed by atoms with E-state index in [0.717, 1.165) is 54.2 Å². The van der Waals surface area contributed by atoms with Crippen LogP contribution in [-0.4, -0.2) is 44.6 Å². The van der Waals surface area contributed by atoms with Crippen molar-refractivity contribution in [3.63, 3.8) is 0 Å². The molecule has 9 nitrogen and oxygen atoms in total. The molecule has 1 spiro atoms. The zero-order chi connectivity index (χ0) is 29.3. The summed E-state index contributed by atoms with van der Waals surface area (Å²) in [4.78, 5) is 28.2. The minimum atomic E-state index is -0.967. The van der Waals surface area contributed by atoms with E-state index in [2.05, 4.69) is 43.0 Å². The highest BCUT2D eigenvalue weighted by atomic mass is 19.1. The summed E-state index contributed by atoms with van der Waals surface area (Å²) >= 11 is 0. The lowest BCUT2D eigenvalue weighted by atomic mass is 9.91. The number of anilines is 2. The lowest BCUT2D eigenvalue weighted by molar-refractivity contribution is 0.102. The van der Waals surface area contributed by atoms with E-state index in [1.54, 1.807) is 6.07 Å². The number of para-hydroxylation sites is 1. The SMILES string of the molecule is CC(C)C(C)(C)n1cc2c(N3C[C@H](N)C4(CC4)C3)c(NC(=O)c3ccc(=O)n(-c4c(F)cccc4F)n3)ccc2n1. The number of nitrogens with two attached hydrogens (primary N) is 1. The number of nitrogens with one attached hydrogen (secondary N) is 1. The number of rotatable bonds is 6. The molecule has 2 aromatic heterocycles. The lowest BCUT2D eigenvalue weighted by Gasteiger charge is -2.29. The van der Waals surface area contributed by atoms with Gasteiger partial charge >= 0.3 is 0 Å². The van der Waals surface area contributed by atoms with Crippen LogP contribution >= 0.6 is 0 Å². The number of hydrogen-bond donors (Lipinski definition) is 2. The monoisotopic (exact) mass is 561 g/mol.